The van der Waals surface area contributed by atoms with Gasteiger partial charge in [0.1, 0.15) is 11.6 Å². The van der Waals surface area contributed by atoms with Crippen molar-refractivity contribution in [1.29, 1.82) is 0 Å². The lowest BCUT2D eigenvalue weighted by molar-refractivity contribution is 0.166. The van der Waals surface area contributed by atoms with Crippen LogP contribution in [0.1, 0.15) is 70.6 Å². The second-order valence-electron chi connectivity index (χ2n) is 10.4. The summed E-state index contributed by atoms with van der Waals surface area (Å²) in [7, 11) is 0. The normalized spacial score (nSPS) is 18.3. The molecule has 8 heteroatoms. The predicted molar refractivity (Wildman–Crippen MR) is 143 cm³/mol. The van der Waals surface area contributed by atoms with Crippen LogP contribution in [0.4, 0.5) is 15.0 Å². The first-order chi connectivity index (χ1) is 17.4. The van der Waals surface area contributed by atoms with Crippen LogP contribution in [0, 0.1) is 12.7 Å². The summed E-state index contributed by atoms with van der Waals surface area (Å²) in [5.41, 5.74) is 2.63. The van der Waals surface area contributed by atoms with Crippen LogP contribution in [0.2, 0.25) is 0 Å². The monoisotopic (exact) mass is 498 g/mol. The van der Waals surface area contributed by atoms with Gasteiger partial charge in [-0.3, -0.25) is 0 Å². The number of carbonyl (C=O) groups is 1. The molecule has 2 heterocycles. The molecule has 1 aliphatic heterocycles. The Kier molecular flexibility index (Phi) is 8.88. The van der Waals surface area contributed by atoms with Crippen LogP contribution in [0.3, 0.4) is 0 Å². The lowest BCUT2D eigenvalue weighted by Crippen LogP contribution is -2.49. The first-order valence-electron chi connectivity index (χ1n) is 13.8. The number of aryl methyl sites for hydroxylation is 1. The third kappa shape index (κ3) is 6.02. The Hall–Kier alpha value is -2.61. The Morgan fingerprint density at radius 2 is 1.89 bits per heavy atom. The van der Waals surface area contributed by atoms with Crippen molar-refractivity contribution in [3.05, 3.63) is 41.3 Å². The van der Waals surface area contributed by atoms with Crippen LogP contribution >= 0.6 is 0 Å². The molecular weight excluding hydrogens is 455 g/mol. The molecule has 1 aromatic carbocycles. The number of rotatable bonds is 8. The molecule has 2 aliphatic rings. The summed E-state index contributed by atoms with van der Waals surface area (Å²) in [5.74, 6) is 0.699. The van der Waals surface area contributed by atoms with Crippen molar-refractivity contribution in [3.63, 3.8) is 0 Å². The van der Waals surface area contributed by atoms with E-state index in [9.17, 15) is 9.18 Å². The highest BCUT2D eigenvalue weighted by atomic mass is 19.1. The Labute approximate surface area is 215 Å². The number of hydrogen-bond acceptors (Lipinski definition) is 4. The summed E-state index contributed by atoms with van der Waals surface area (Å²) in [4.78, 5) is 20.3. The number of halogens is 1. The van der Waals surface area contributed by atoms with E-state index < -0.39 is 0 Å². The van der Waals surface area contributed by atoms with E-state index in [1.54, 1.807) is 6.07 Å². The summed E-state index contributed by atoms with van der Waals surface area (Å²) in [6, 6.07) is 6.98. The second kappa shape index (κ2) is 12.1. The Morgan fingerprint density at radius 3 is 2.53 bits per heavy atom. The average molecular weight is 499 g/mol. The number of benzene rings is 1. The van der Waals surface area contributed by atoms with Crippen molar-refractivity contribution in [2.24, 2.45) is 0 Å². The fourth-order valence-corrected chi connectivity index (χ4v) is 5.44. The van der Waals surface area contributed by atoms with Gasteiger partial charge in [0.25, 0.3) is 0 Å². The maximum atomic E-state index is 14.2. The van der Waals surface area contributed by atoms with E-state index in [0.717, 1.165) is 69.1 Å². The molecule has 1 unspecified atom stereocenters. The zero-order chi connectivity index (χ0) is 25.7. The number of aromatic nitrogens is 2. The van der Waals surface area contributed by atoms with E-state index in [4.69, 9.17) is 5.10 Å². The zero-order valence-corrected chi connectivity index (χ0v) is 22.5. The van der Waals surface area contributed by atoms with E-state index in [1.165, 1.54) is 31.4 Å². The summed E-state index contributed by atoms with van der Waals surface area (Å²) in [5, 5.41) is 8.21. The average Bonchev–Trinajstić information content (AvgIpc) is 3.23. The third-order valence-electron chi connectivity index (χ3n) is 7.97. The molecule has 1 atom stereocenters. The molecule has 1 N–H and O–H groups in total. The van der Waals surface area contributed by atoms with Crippen LogP contribution in [0.15, 0.2) is 24.3 Å². The van der Waals surface area contributed by atoms with Crippen LogP contribution in [0.5, 0.6) is 0 Å². The number of piperazine rings is 1. The third-order valence-corrected chi connectivity index (χ3v) is 7.97. The highest BCUT2D eigenvalue weighted by Crippen LogP contribution is 2.31. The zero-order valence-electron chi connectivity index (χ0n) is 22.5. The summed E-state index contributed by atoms with van der Waals surface area (Å²) >= 11 is 0. The molecule has 0 spiro atoms. The molecule has 0 radical (unpaired) electrons. The molecule has 0 bridgehead atoms. The number of amides is 2. The Balaban J connectivity index is 1.68. The smallest absolute Gasteiger partial charge is 0.318 e. The standard InChI is InChI=1S/C28H43FN6O/c1-5-21(3)34(28(36)30-24-12-8-7-9-13-24)20-26-22(4)31-35(25-14-10-11-23(29)19-25)27(26)33-17-15-32(6-2)16-18-33/h10-11,14,19,21,24H,5-9,12-13,15-18,20H2,1-4H3,(H,30,36). The SMILES string of the molecule is CCC(C)N(Cc1c(C)nn(-c2cccc(F)c2)c1N1CCN(CC)CC1)C(=O)NC1CCCCC1. The van der Waals surface area contributed by atoms with Gasteiger partial charge < -0.3 is 20.0 Å². The molecule has 7 nitrogen and oxygen atoms in total. The minimum absolute atomic E-state index is 0.0101. The Morgan fingerprint density at radius 1 is 1.17 bits per heavy atom. The predicted octanol–water partition coefficient (Wildman–Crippen LogP) is 5.10. The van der Waals surface area contributed by atoms with Gasteiger partial charge in [-0.2, -0.15) is 5.10 Å². The van der Waals surface area contributed by atoms with Crippen molar-refractivity contribution < 1.29 is 9.18 Å². The van der Waals surface area contributed by atoms with E-state index in [1.807, 2.05) is 22.6 Å². The number of likely N-dealkylation sites (N-methyl/N-ethyl adjacent to an activating group) is 1. The highest BCUT2D eigenvalue weighted by molar-refractivity contribution is 5.75. The molecule has 1 saturated carbocycles. The van der Waals surface area contributed by atoms with Gasteiger partial charge in [0.2, 0.25) is 0 Å². The largest absolute Gasteiger partial charge is 0.354 e. The van der Waals surface area contributed by atoms with Crippen molar-refractivity contribution in [1.82, 2.24) is 24.9 Å². The van der Waals surface area contributed by atoms with E-state index in [-0.39, 0.29) is 23.9 Å². The number of carbonyl (C=O) groups excluding carboxylic acids is 1. The van der Waals surface area contributed by atoms with Crippen molar-refractivity contribution in [2.45, 2.75) is 84.8 Å². The first kappa shape index (κ1) is 26.5. The van der Waals surface area contributed by atoms with Crippen molar-refractivity contribution >= 4 is 11.8 Å². The van der Waals surface area contributed by atoms with Gasteiger partial charge in [0.15, 0.2) is 0 Å². The maximum Gasteiger partial charge on any atom is 0.318 e. The Bertz CT molecular complexity index is 1010. The topological polar surface area (TPSA) is 56.6 Å². The molecule has 2 amide bonds. The summed E-state index contributed by atoms with van der Waals surface area (Å²) in [6.07, 6.45) is 6.62. The number of hydrogen-bond donors (Lipinski definition) is 1. The molecule has 2 fully saturated rings. The first-order valence-corrected chi connectivity index (χ1v) is 13.8. The van der Waals surface area contributed by atoms with Gasteiger partial charge in [-0.15, -0.1) is 0 Å². The fourth-order valence-electron chi connectivity index (χ4n) is 5.44. The maximum absolute atomic E-state index is 14.2. The number of urea groups is 1. The minimum Gasteiger partial charge on any atom is -0.354 e. The molecule has 198 valence electrons. The molecule has 1 aromatic heterocycles. The van der Waals surface area contributed by atoms with Crippen molar-refractivity contribution in [2.75, 3.05) is 37.6 Å². The van der Waals surface area contributed by atoms with Gasteiger partial charge in [0.05, 0.1) is 17.9 Å². The number of anilines is 1. The molecular formula is C28H43FN6O. The van der Waals surface area contributed by atoms with Crippen LogP contribution in [-0.4, -0.2) is 70.4 Å². The number of nitrogens with zero attached hydrogens (tertiary/aromatic N) is 5. The van der Waals surface area contributed by atoms with Crippen molar-refractivity contribution in [3.8, 4) is 5.69 Å². The summed E-state index contributed by atoms with van der Waals surface area (Å²) < 4.78 is 16.1. The number of nitrogens with one attached hydrogen (secondary N) is 1. The molecule has 2 aromatic rings. The van der Waals surface area contributed by atoms with E-state index in [0.29, 0.717) is 12.2 Å². The van der Waals surface area contributed by atoms with Crippen LogP contribution in [-0.2, 0) is 6.54 Å². The molecule has 36 heavy (non-hydrogen) atoms. The van der Waals surface area contributed by atoms with E-state index >= 15 is 0 Å². The summed E-state index contributed by atoms with van der Waals surface area (Å²) in [6.45, 7) is 13.6. The van der Waals surface area contributed by atoms with Crippen LogP contribution < -0.4 is 10.2 Å². The molecule has 1 aliphatic carbocycles. The minimum atomic E-state index is -0.281. The highest BCUT2D eigenvalue weighted by Gasteiger charge is 2.30. The lowest BCUT2D eigenvalue weighted by Gasteiger charge is -2.37. The lowest BCUT2D eigenvalue weighted by atomic mass is 9.96. The van der Waals surface area contributed by atoms with E-state index in [2.05, 4.69) is 35.9 Å². The molecule has 4 rings (SSSR count). The molecule has 1 saturated heterocycles. The van der Waals surface area contributed by atoms with Crippen LogP contribution in [0.25, 0.3) is 5.69 Å². The second-order valence-corrected chi connectivity index (χ2v) is 10.4. The fraction of sp³-hybridized carbons (Fsp3) is 0.643. The van der Waals surface area contributed by atoms with Gasteiger partial charge in [0, 0.05) is 43.8 Å². The van der Waals surface area contributed by atoms with Gasteiger partial charge in [-0.05, 0) is 57.9 Å². The van der Waals surface area contributed by atoms with Gasteiger partial charge >= 0.3 is 6.03 Å². The quantitative estimate of drug-likeness (QED) is 0.550. The van der Waals surface area contributed by atoms with Gasteiger partial charge in [-0.1, -0.05) is 39.2 Å². The van der Waals surface area contributed by atoms with Gasteiger partial charge in [-0.25, -0.2) is 13.9 Å².